The maximum absolute atomic E-state index is 12.2. The molecule has 1 aromatic heterocycles. The molecule has 1 aliphatic carbocycles. The van der Waals surface area contributed by atoms with Crippen molar-refractivity contribution >= 4 is 48.7 Å². The van der Waals surface area contributed by atoms with Gasteiger partial charge in [0.1, 0.15) is 0 Å². The molecule has 3 aromatic rings. The molecule has 6 nitrogen and oxygen atoms in total. The summed E-state index contributed by atoms with van der Waals surface area (Å²) in [6, 6.07) is 12.3. The number of hydrogen-bond acceptors (Lipinski definition) is 4. The van der Waals surface area contributed by atoms with Crippen LogP contribution in [0.25, 0.3) is 16.5 Å². The smallest absolute Gasteiger partial charge is 0.312 e. The van der Waals surface area contributed by atoms with Crippen LogP contribution in [-0.4, -0.2) is 36.7 Å². The molecule has 0 amide bonds. The number of carbonyl (C=O) groups is 2. The molecule has 27 heavy (non-hydrogen) atoms. The zero-order chi connectivity index (χ0) is 19.1. The molecule has 1 heterocycles. The first-order chi connectivity index (χ1) is 13.0. The molecule has 1 unspecified atom stereocenters. The second kappa shape index (κ2) is 7.09. The maximum Gasteiger partial charge on any atom is 0.312 e. The van der Waals surface area contributed by atoms with Gasteiger partial charge in [0.25, 0.3) is 0 Å². The molecule has 0 bridgehead atoms. The first-order valence-corrected chi connectivity index (χ1v) is 10.9. The molecule has 8 heteroatoms. The van der Waals surface area contributed by atoms with Crippen LogP contribution in [0.2, 0.25) is 0 Å². The van der Waals surface area contributed by atoms with Gasteiger partial charge in [-0.1, -0.05) is 30.3 Å². The molecule has 0 spiro atoms. The first-order valence-electron chi connectivity index (χ1n) is 8.60. The van der Waals surface area contributed by atoms with Crippen LogP contribution in [0.4, 0.5) is 0 Å². The quantitative estimate of drug-likeness (QED) is 0.576. The Morgan fingerprint density at radius 2 is 1.89 bits per heavy atom. The van der Waals surface area contributed by atoms with Crippen molar-refractivity contribution in [2.75, 3.05) is 5.75 Å². The molecule has 1 atom stereocenters. The molecule has 1 saturated carbocycles. The van der Waals surface area contributed by atoms with E-state index in [0.29, 0.717) is 15.8 Å². The van der Waals surface area contributed by atoms with Crippen LogP contribution in [-0.2, 0) is 9.59 Å². The number of carboxylic acid groups (broad SMARTS) is 1. The predicted octanol–water partition coefficient (Wildman–Crippen LogP) is 4.05. The lowest BCUT2D eigenvalue weighted by Gasteiger charge is -2.19. The van der Waals surface area contributed by atoms with E-state index in [0.717, 1.165) is 11.1 Å². The summed E-state index contributed by atoms with van der Waals surface area (Å²) in [4.78, 5) is 23.4. The summed E-state index contributed by atoms with van der Waals surface area (Å²) in [7, 11) is -1.62. The van der Waals surface area contributed by atoms with Gasteiger partial charge in [0.05, 0.1) is 11.4 Å². The number of halogens is 1. The van der Waals surface area contributed by atoms with Crippen molar-refractivity contribution in [2.24, 2.45) is 0 Å². The van der Waals surface area contributed by atoms with Crippen molar-refractivity contribution < 1.29 is 14.7 Å². The standard InChI is InChI=1S/C19H18BrN3O3S/c1-11(24)27(10-17(25)26)19-22-21-18(20)23(19)16-9-8-13(12-6-7-12)14-4-2-3-5-15(14)16/h2-5,8-9,12,27H,6-7,10H2,1H3,(H,25,26). The number of carbonyl (C=O) groups excluding carboxylic acids is 1. The van der Waals surface area contributed by atoms with Crippen molar-refractivity contribution in [1.82, 2.24) is 14.8 Å². The second-order valence-corrected chi connectivity index (χ2v) is 9.51. The molecule has 0 aliphatic heterocycles. The van der Waals surface area contributed by atoms with Crippen molar-refractivity contribution in [3.63, 3.8) is 0 Å². The predicted molar refractivity (Wildman–Crippen MR) is 109 cm³/mol. The third kappa shape index (κ3) is 3.39. The molecule has 1 N–H and O–H groups in total. The summed E-state index contributed by atoms with van der Waals surface area (Å²) < 4.78 is 2.23. The van der Waals surface area contributed by atoms with E-state index < -0.39 is 16.9 Å². The van der Waals surface area contributed by atoms with Gasteiger partial charge >= 0.3 is 5.97 Å². The topological polar surface area (TPSA) is 85.1 Å². The van der Waals surface area contributed by atoms with E-state index >= 15 is 0 Å². The zero-order valence-electron chi connectivity index (χ0n) is 14.6. The number of hydrogen-bond donors (Lipinski definition) is 2. The van der Waals surface area contributed by atoms with Gasteiger partial charge in [-0.2, -0.15) is 0 Å². The van der Waals surface area contributed by atoms with Crippen LogP contribution >= 0.6 is 26.8 Å². The zero-order valence-corrected chi connectivity index (χ0v) is 17.1. The van der Waals surface area contributed by atoms with E-state index in [-0.39, 0.29) is 10.9 Å². The lowest BCUT2D eigenvalue weighted by molar-refractivity contribution is -0.134. The van der Waals surface area contributed by atoms with Gasteiger partial charge in [-0.15, -0.1) is 21.1 Å². The van der Waals surface area contributed by atoms with Crippen molar-refractivity contribution in [1.29, 1.82) is 0 Å². The normalized spacial score (nSPS) is 15.7. The Bertz CT molecular complexity index is 1060. The fourth-order valence-corrected chi connectivity index (χ4v) is 5.44. The van der Waals surface area contributed by atoms with Crippen LogP contribution < -0.4 is 0 Å². The summed E-state index contributed by atoms with van der Waals surface area (Å²) in [5.74, 6) is -0.668. The summed E-state index contributed by atoms with van der Waals surface area (Å²) in [5.41, 5.74) is 2.18. The van der Waals surface area contributed by atoms with Gasteiger partial charge in [-0.3, -0.25) is 14.2 Å². The summed E-state index contributed by atoms with van der Waals surface area (Å²) in [5, 5.41) is 19.9. The number of carboxylic acids is 1. The van der Waals surface area contributed by atoms with E-state index in [1.165, 1.54) is 30.7 Å². The minimum absolute atomic E-state index is 0.188. The number of aromatic nitrogens is 3. The number of aliphatic carboxylic acids is 1. The van der Waals surface area contributed by atoms with Crippen molar-refractivity contribution in [2.45, 2.75) is 30.8 Å². The monoisotopic (exact) mass is 447 g/mol. The molecule has 140 valence electrons. The average Bonchev–Trinajstić information content (AvgIpc) is 3.41. The molecule has 4 rings (SSSR count). The Morgan fingerprint density at radius 3 is 2.52 bits per heavy atom. The molecule has 2 aromatic carbocycles. The third-order valence-electron chi connectivity index (χ3n) is 4.71. The first kappa shape index (κ1) is 18.2. The Kier molecular flexibility index (Phi) is 4.77. The van der Waals surface area contributed by atoms with Crippen LogP contribution in [0.5, 0.6) is 0 Å². The van der Waals surface area contributed by atoms with E-state index in [9.17, 15) is 14.7 Å². The van der Waals surface area contributed by atoms with Crippen molar-refractivity contribution in [3.05, 3.63) is 46.7 Å². The number of fused-ring (bicyclic) bond motifs is 1. The minimum atomic E-state index is -1.62. The van der Waals surface area contributed by atoms with Gasteiger partial charge in [-0.05, 0) is 51.7 Å². The lowest BCUT2D eigenvalue weighted by Crippen LogP contribution is -2.12. The van der Waals surface area contributed by atoms with Crippen molar-refractivity contribution in [3.8, 4) is 5.69 Å². The van der Waals surface area contributed by atoms with Gasteiger partial charge in [-0.25, -0.2) is 0 Å². The van der Waals surface area contributed by atoms with E-state index in [4.69, 9.17) is 0 Å². The van der Waals surface area contributed by atoms with Gasteiger partial charge in [0, 0.05) is 12.3 Å². The molecule has 0 radical (unpaired) electrons. The minimum Gasteiger partial charge on any atom is -0.481 e. The summed E-state index contributed by atoms with van der Waals surface area (Å²) >= 11 is 3.42. The Balaban J connectivity index is 1.92. The number of thiol groups is 1. The van der Waals surface area contributed by atoms with Gasteiger partial charge < -0.3 is 5.11 Å². The summed E-state index contributed by atoms with van der Waals surface area (Å²) in [6.07, 6.45) is 2.42. The molecule has 1 aliphatic rings. The van der Waals surface area contributed by atoms with Crippen LogP contribution in [0.1, 0.15) is 31.2 Å². The largest absolute Gasteiger partial charge is 0.481 e. The Labute approximate surface area is 167 Å². The average molecular weight is 448 g/mol. The lowest BCUT2D eigenvalue weighted by atomic mass is 9.99. The van der Waals surface area contributed by atoms with E-state index in [2.05, 4.69) is 38.3 Å². The highest BCUT2D eigenvalue weighted by Gasteiger charge is 2.28. The maximum atomic E-state index is 12.2. The van der Waals surface area contributed by atoms with Crippen LogP contribution in [0.15, 0.2) is 46.3 Å². The van der Waals surface area contributed by atoms with Crippen LogP contribution in [0.3, 0.4) is 0 Å². The molecular weight excluding hydrogens is 430 g/mol. The SMILES string of the molecule is CC(=O)[SH](CC(=O)O)c1nnc(Br)n1-c1ccc(C2CC2)c2ccccc12. The Hall–Kier alpha value is -2.19. The second-order valence-electron chi connectivity index (χ2n) is 6.60. The third-order valence-corrected chi connectivity index (χ3v) is 7.35. The van der Waals surface area contributed by atoms with Crippen LogP contribution in [0, 0.1) is 0 Å². The van der Waals surface area contributed by atoms with Gasteiger partial charge in [0.15, 0.2) is 10.3 Å². The number of nitrogens with zero attached hydrogens (tertiary/aromatic N) is 3. The highest BCUT2D eigenvalue weighted by Crippen LogP contribution is 2.45. The van der Waals surface area contributed by atoms with E-state index in [1.807, 2.05) is 24.3 Å². The number of benzene rings is 2. The molecule has 0 saturated heterocycles. The fraction of sp³-hybridized carbons (Fsp3) is 0.263. The molecular formula is C19H18BrN3O3S. The highest BCUT2D eigenvalue weighted by molar-refractivity contribution is 9.10. The molecule has 1 fully saturated rings. The summed E-state index contributed by atoms with van der Waals surface area (Å²) in [6.45, 7) is 1.41. The van der Waals surface area contributed by atoms with Gasteiger partial charge in [0.2, 0.25) is 4.73 Å². The van der Waals surface area contributed by atoms with E-state index in [1.54, 1.807) is 4.57 Å². The fourth-order valence-electron chi connectivity index (χ4n) is 3.35. The Morgan fingerprint density at radius 1 is 1.19 bits per heavy atom. The number of rotatable bonds is 5. The highest BCUT2D eigenvalue weighted by atomic mass is 79.9.